The molecular formula is C24H21N7O2. The molecule has 0 N–H and O–H groups in total. The number of aromatic nitrogens is 5. The highest BCUT2D eigenvalue weighted by Crippen LogP contribution is 2.25. The summed E-state index contributed by atoms with van der Waals surface area (Å²) in [7, 11) is 0. The van der Waals surface area contributed by atoms with Gasteiger partial charge in [0.2, 0.25) is 0 Å². The molecule has 1 saturated heterocycles. The van der Waals surface area contributed by atoms with Gasteiger partial charge in [0.05, 0.1) is 5.69 Å². The van der Waals surface area contributed by atoms with Gasteiger partial charge in [0.25, 0.3) is 5.91 Å². The van der Waals surface area contributed by atoms with Crippen LogP contribution in [0.3, 0.4) is 0 Å². The number of carbonyl (C=O) groups excluding carboxylic acids is 1. The van der Waals surface area contributed by atoms with Gasteiger partial charge < -0.3 is 14.2 Å². The Morgan fingerprint density at radius 3 is 2.55 bits per heavy atom. The van der Waals surface area contributed by atoms with Gasteiger partial charge in [-0.3, -0.25) is 4.79 Å². The molecular weight excluding hydrogens is 418 g/mol. The van der Waals surface area contributed by atoms with Crippen LogP contribution < -0.4 is 4.90 Å². The topological polar surface area (TPSA) is 93.2 Å². The van der Waals surface area contributed by atoms with Gasteiger partial charge in [0.1, 0.15) is 11.9 Å². The van der Waals surface area contributed by atoms with Crippen molar-refractivity contribution in [3.05, 3.63) is 72.2 Å². The molecule has 3 aromatic heterocycles. The first kappa shape index (κ1) is 19.4. The van der Waals surface area contributed by atoms with Crippen LogP contribution in [0.1, 0.15) is 16.1 Å². The molecule has 4 heterocycles. The standard InChI is InChI=1S/C24H21N7O2/c1-16-6-8-18(9-7-16)31-23-21(27-28-31)22(25-15-26-23)29-10-12-30(13-11-29)24(32)20-14-17-4-2-3-5-19(17)33-20/h2-9,14-15H,10-13H2,1H3. The minimum Gasteiger partial charge on any atom is -0.451 e. The summed E-state index contributed by atoms with van der Waals surface area (Å²) in [5.41, 5.74) is 4.10. The molecule has 1 aliphatic rings. The number of rotatable bonds is 3. The number of piperazine rings is 1. The second-order valence-electron chi connectivity index (χ2n) is 8.13. The molecule has 0 unspecified atom stereocenters. The van der Waals surface area contributed by atoms with E-state index in [1.54, 1.807) is 10.7 Å². The van der Waals surface area contributed by atoms with Crippen molar-refractivity contribution in [1.29, 1.82) is 0 Å². The maximum absolute atomic E-state index is 13.0. The van der Waals surface area contributed by atoms with Crippen LogP contribution in [0.2, 0.25) is 0 Å². The predicted octanol–water partition coefficient (Wildman–Crippen LogP) is 3.23. The van der Waals surface area contributed by atoms with Crippen molar-refractivity contribution < 1.29 is 9.21 Å². The molecule has 1 amide bonds. The van der Waals surface area contributed by atoms with E-state index >= 15 is 0 Å². The molecule has 9 heteroatoms. The first-order valence-electron chi connectivity index (χ1n) is 10.8. The zero-order valence-electron chi connectivity index (χ0n) is 18.0. The summed E-state index contributed by atoms with van der Waals surface area (Å²) >= 11 is 0. The minimum absolute atomic E-state index is 0.0935. The van der Waals surface area contributed by atoms with Crippen molar-refractivity contribution >= 4 is 33.9 Å². The molecule has 1 fully saturated rings. The number of fused-ring (bicyclic) bond motifs is 2. The lowest BCUT2D eigenvalue weighted by Gasteiger charge is -2.34. The van der Waals surface area contributed by atoms with Crippen LogP contribution in [-0.4, -0.2) is 61.9 Å². The molecule has 0 atom stereocenters. The van der Waals surface area contributed by atoms with E-state index in [9.17, 15) is 4.79 Å². The SMILES string of the molecule is Cc1ccc(-n2nnc3c(N4CCN(C(=O)c5cc6ccccc6o5)CC4)ncnc32)cc1. The highest BCUT2D eigenvalue weighted by atomic mass is 16.3. The molecule has 0 saturated carbocycles. The first-order chi connectivity index (χ1) is 16.2. The summed E-state index contributed by atoms with van der Waals surface area (Å²) in [4.78, 5) is 25.8. The lowest BCUT2D eigenvalue weighted by Crippen LogP contribution is -2.49. The van der Waals surface area contributed by atoms with Gasteiger partial charge in [-0.15, -0.1) is 5.10 Å². The van der Waals surface area contributed by atoms with Crippen molar-refractivity contribution in [3.63, 3.8) is 0 Å². The van der Waals surface area contributed by atoms with E-state index in [2.05, 4.69) is 25.2 Å². The molecule has 0 radical (unpaired) electrons. The van der Waals surface area contributed by atoms with Crippen molar-refractivity contribution in [3.8, 4) is 5.69 Å². The third-order valence-electron chi connectivity index (χ3n) is 6.00. The van der Waals surface area contributed by atoms with Gasteiger partial charge in [-0.1, -0.05) is 41.1 Å². The number of hydrogen-bond donors (Lipinski definition) is 0. The van der Waals surface area contributed by atoms with Gasteiger partial charge in [0, 0.05) is 31.6 Å². The molecule has 1 aliphatic heterocycles. The summed E-state index contributed by atoms with van der Waals surface area (Å²) in [6, 6.07) is 17.5. The van der Waals surface area contributed by atoms with E-state index in [1.807, 2.05) is 60.4 Å². The lowest BCUT2D eigenvalue weighted by molar-refractivity contribution is 0.0717. The van der Waals surface area contributed by atoms with Crippen LogP contribution in [-0.2, 0) is 0 Å². The van der Waals surface area contributed by atoms with E-state index < -0.39 is 0 Å². The molecule has 0 spiro atoms. The average molecular weight is 439 g/mol. The molecule has 6 rings (SSSR count). The second kappa shape index (κ2) is 7.70. The summed E-state index contributed by atoms with van der Waals surface area (Å²) in [6.07, 6.45) is 1.54. The largest absolute Gasteiger partial charge is 0.451 e. The number of carbonyl (C=O) groups is 1. The lowest BCUT2D eigenvalue weighted by atomic mass is 10.2. The van der Waals surface area contributed by atoms with Gasteiger partial charge in [-0.2, -0.15) is 4.68 Å². The molecule has 9 nitrogen and oxygen atoms in total. The Labute approximate surface area is 189 Å². The fourth-order valence-corrected chi connectivity index (χ4v) is 4.19. The Bertz CT molecular complexity index is 1430. The van der Waals surface area contributed by atoms with Crippen molar-refractivity contribution in [2.45, 2.75) is 6.92 Å². The number of aryl methyl sites for hydroxylation is 1. The smallest absolute Gasteiger partial charge is 0.289 e. The highest BCUT2D eigenvalue weighted by Gasteiger charge is 2.27. The van der Waals surface area contributed by atoms with Gasteiger partial charge >= 0.3 is 0 Å². The Balaban J connectivity index is 1.22. The third kappa shape index (κ3) is 3.38. The van der Waals surface area contributed by atoms with E-state index in [0.717, 1.165) is 22.5 Å². The maximum atomic E-state index is 13.0. The number of hydrogen-bond acceptors (Lipinski definition) is 7. The molecule has 0 bridgehead atoms. The average Bonchev–Trinajstić information content (AvgIpc) is 3.49. The molecule has 0 aliphatic carbocycles. The number of benzene rings is 2. The van der Waals surface area contributed by atoms with Crippen LogP contribution in [0.5, 0.6) is 0 Å². The number of amides is 1. The Morgan fingerprint density at radius 1 is 0.970 bits per heavy atom. The second-order valence-corrected chi connectivity index (χ2v) is 8.13. The number of furan rings is 1. The van der Waals surface area contributed by atoms with Gasteiger partial charge in [-0.25, -0.2) is 9.97 Å². The van der Waals surface area contributed by atoms with Gasteiger partial charge in [0.15, 0.2) is 22.7 Å². The Kier molecular flexibility index (Phi) is 4.53. The number of anilines is 1. The van der Waals surface area contributed by atoms with E-state index in [4.69, 9.17) is 4.42 Å². The van der Waals surface area contributed by atoms with E-state index in [0.29, 0.717) is 43.1 Å². The Hall–Kier alpha value is -4.27. The van der Waals surface area contributed by atoms with Crippen molar-refractivity contribution in [1.82, 2.24) is 29.9 Å². The quantitative estimate of drug-likeness (QED) is 0.426. The van der Waals surface area contributed by atoms with E-state index in [1.165, 1.54) is 11.9 Å². The summed E-state index contributed by atoms with van der Waals surface area (Å²) in [5.74, 6) is 1.01. The fraction of sp³-hybridized carbons (Fsp3) is 0.208. The zero-order valence-corrected chi connectivity index (χ0v) is 18.0. The van der Waals surface area contributed by atoms with Crippen LogP contribution >= 0.6 is 0 Å². The maximum Gasteiger partial charge on any atom is 0.289 e. The van der Waals surface area contributed by atoms with Crippen LogP contribution in [0, 0.1) is 6.92 Å². The van der Waals surface area contributed by atoms with Crippen LogP contribution in [0.25, 0.3) is 27.8 Å². The summed E-state index contributed by atoms with van der Waals surface area (Å²) in [5, 5.41) is 9.61. The molecule has 164 valence electrons. The van der Waals surface area contributed by atoms with Crippen LogP contribution in [0.4, 0.5) is 5.82 Å². The fourth-order valence-electron chi connectivity index (χ4n) is 4.19. The predicted molar refractivity (Wildman–Crippen MR) is 124 cm³/mol. The third-order valence-corrected chi connectivity index (χ3v) is 6.00. The first-order valence-corrected chi connectivity index (χ1v) is 10.8. The minimum atomic E-state index is -0.0935. The summed E-state index contributed by atoms with van der Waals surface area (Å²) in [6.45, 7) is 4.44. The van der Waals surface area contributed by atoms with E-state index in [-0.39, 0.29) is 5.91 Å². The molecule has 33 heavy (non-hydrogen) atoms. The monoisotopic (exact) mass is 439 g/mol. The van der Waals surface area contributed by atoms with Gasteiger partial charge in [-0.05, 0) is 31.2 Å². The number of nitrogens with zero attached hydrogens (tertiary/aromatic N) is 7. The van der Waals surface area contributed by atoms with Crippen molar-refractivity contribution in [2.24, 2.45) is 0 Å². The number of para-hydroxylation sites is 1. The normalized spacial score (nSPS) is 14.3. The summed E-state index contributed by atoms with van der Waals surface area (Å²) < 4.78 is 7.48. The van der Waals surface area contributed by atoms with Crippen molar-refractivity contribution in [2.75, 3.05) is 31.1 Å². The molecule has 2 aromatic carbocycles. The highest BCUT2D eigenvalue weighted by molar-refractivity contribution is 5.96. The molecule has 5 aromatic rings. The Morgan fingerprint density at radius 2 is 1.76 bits per heavy atom. The zero-order chi connectivity index (χ0) is 22.4. The van der Waals surface area contributed by atoms with Crippen LogP contribution in [0.15, 0.2) is 65.3 Å².